The number of benzene rings is 2. The Morgan fingerprint density at radius 2 is 1.70 bits per heavy atom. The molecule has 0 saturated carbocycles. The van der Waals surface area contributed by atoms with Crippen LogP contribution in [-0.2, 0) is 14.8 Å². The number of hydrogen-bond donors (Lipinski definition) is 2. The Hall–Kier alpha value is -2.03. The fourth-order valence-corrected chi connectivity index (χ4v) is 4.55. The highest BCUT2D eigenvalue weighted by atomic mass is 32.2. The molecule has 0 aliphatic heterocycles. The van der Waals surface area contributed by atoms with Crippen molar-refractivity contribution >= 4 is 33.4 Å². The van der Waals surface area contributed by atoms with Gasteiger partial charge in [-0.25, -0.2) is 13.1 Å². The van der Waals surface area contributed by atoms with Crippen LogP contribution in [0.1, 0.15) is 20.8 Å². The van der Waals surface area contributed by atoms with Crippen molar-refractivity contribution in [3.05, 3.63) is 48.5 Å². The summed E-state index contributed by atoms with van der Waals surface area (Å²) in [6, 6.07) is 13.7. The second-order valence-corrected chi connectivity index (χ2v) is 9.56. The average molecular weight is 409 g/mol. The molecule has 27 heavy (non-hydrogen) atoms. The number of amides is 1. The third-order valence-electron chi connectivity index (χ3n) is 3.32. The quantitative estimate of drug-likeness (QED) is 0.685. The van der Waals surface area contributed by atoms with Gasteiger partial charge in [0.05, 0.1) is 18.6 Å². The molecule has 0 spiro atoms. The van der Waals surface area contributed by atoms with E-state index in [9.17, 15) is 13.2 Å². The van der Waals surface area contributed by atoms with Gasteiger partial charge in [0.2, 0.25) is 15.9 Å². The van der Waals surface area contributed by atoms with Crippen molar-refractivity contribution in [1.29, 1.82) is 0 Å². The molecule has 2 N–H and O–H groups in total. The SMILES string of the molecule is COc1ccc(SCC(=O)Nc2ccccc2S(=O)(=O)NC(C)(C)C)cc1. The Labute approximate surface area is 164 Å². The molecule has 0 bridgehead atoms. The molecule has 0 unspecified atom stereocenters. The van der Waals surface area contributed by atoms with Crippen molar-refractivity contribution in [2.75, 3.05) is 18.2 Å². The van der Waals surface area contributed by atoms with E-state index in [2.05, 4.69) is 10.0 Å². The van der Waals surface area contributed by atoms with Crippen molar-refractivity contribution in [1.82, 2.24) is 4.72 Å². The minimum Gasteiger partial charge on any atom is -0.497 e. The van der Waals surface area contributed by atoms with E-state index in [-0.39, 0.29) is 22.2 Å². The Kier molecular flexibility index (Phi) is 6.91. The van der Waals surface area contributed by atoms with E-state index in [1.54, 1.807) is 46.1 Å². The summed E-state index contributed by atoms with van der Waals surface area (Å²) in [5, 5.41) is 2.69. The van der Waals surface area contributed by atoms with E-state index >= 15 is 0 Å². The summed E-state index contributed by atoms with van der Waals surface area (Å²) in [4.78, 5) is 13.3. The molecule has 0 heterocycles. The third-order valence-corrected chi connectivity index (χ3v) is 6.15. The van der Waals surface area contributed by atoms with Crippen molar-refractivity contribution in [3.63, 3.8) is 0 Å². The Morgan fingerprint density at radius 1 is 1.07 bits per heavy atom. The second kappa shape index (κ2) is 8.77. The summed E-state index contributed by atoms with van der Waals surface area (Å²) in [6.45, 7) is 5.28. The first-order chi connectivity index (χ1) is 12.6. The maximum atomic E-state index is 12.6. The van der Waals surface area contributed by atoms with Crippen LogP contribution in [0.15, 0.2) is 58.3 Å². The lowest BCUT2D eigenvalue weighted by molar-refractivity contribution is -0.113. The molecule has 0 aromatic heterocycles. The lowest BCUT2D eigenvalue weighted by Gasteiger charge is -2.21. The molecule has 0 aliphatic carbocycles. The molecule has 6 nitrogen and oxygen atoms in total. The predicted octanol–water partition coefficient (Wildman–Crippen LogP) is 3.50. The van der Waals surface area contributed by atoms with Gasteiger partial charge in [-0.15, -0.1) is 11.8 Å². The molecule has 1 amide bonds. The third kappa shape index (κ3) is 6.57. The van der Waals surface area contributed by atoms with E-state index < -0.39 is 15.6 Å². The van der Waals surface area contributed by atoms with Gasteiger partial charge >= 0.3 is 0 Å². The van der Waals surface area contributed by atoms with E-state index in [0.717, 1.165) is 10.6 Å². The van der Waals surface area contributed by atoms with Gasteiger partial charge in [0.15, 0.2) is 0 Å². The van der Waals surface area contributed by atoms with Gasteiger partial charge in [-0.2, -0.15) is 0 Å². The lowest BCUT2D eigenvalue weighted by atomic mass is 10.1. The Balaban J connectivity index is 2.07. The highest BCUT2D eigenvalue weighted by molar-refractivity contribution is 8.00. The number of sulfonamides is 1. The molecule has 0 aliphatic rings. The van der Waals surface area contributed by atoms with Crippen molar-refractivity contribution in [2.45, 2.75) is 36.1 Å². The van der Waals surface area contributed by atoms with E-state index in [0.29, 0.717) is 0 Å². The minimum atomic E-state index is -3.75. The first kappa shape index (κ1) is 21.3. The molecule has 0 fully saturated rings. The van der Waals surface area contributed by atoms with Gasteiger partial charge in [-0.1, -0.05) is 12.1 Å². The van der Waals surface area contributed by atoms with E-state index in [1.165, 1.54) is 17.8 Å². The zero-order valence-electron chi connectivity index (χ0n) is 15.8. The molecule has 146 valence electrons. The molecule has 2 aromatic carbocycles. The molecule has 2 aromatic rings. The molecule has 0 radical (unpaired) electrons. The van der Waals surface area contributed by atoms with Gasteiger partial charge in [-0.05, 0) is 57.2 Å². The van der Waals surface area contributed by atoms with Gasteiger partial charge in [0.1, 0.15) is 10.6 Å². The van der Waals surface area contributed by atoms with Gasteiger partial charge in [0, 0.05) is 10.4 Å². The molecule has 8 heteroatoms. The minimum absolute atomic E-state index is 0.0442. The number of carbonyl (C=O) groups is 1. The zero-order chi connectivity index (χ0) is 20.1. The number of ether oxygens (including phenoxy) is 1. The van der Waals surface area contributed by atoms with Crippen LogP contribution in [0.4, 0.5) is 5.69 Å². The van der Waals surface area contributed by atoms with Gasteiger partial charge < -0.3 is 10.1 Å². The summed E-state index contributed by atoms with van der Waals surface area (Å²) in [5.74, 6) is 0.622. The second-order valence-electron chi connectivity index (χ2n) is 6.86. The largest absolute Gasteiger partial charge is 0.497 e. The molecular weight excluding hydrogens is 384 g/mol. The smallest absolute Gasteiger partial charge is 0.243 e. The maximum Gasteiger partial charge on any atom is 0.243 e. The number of anilines is 1. The average Bonchev–Trinajstić information content (AvgIpc) is 2.59. The van der Waals surface area contributed by atoms with Crippen LogP contribution in [-0.4, -0.2) is 32.7 Å². The van der Waals surface area contributed by atoms with E-state index in [4.69, 9.17) is 4.74 Å². The highest BCUT2D eigenvalue weighted by Gasteiger charge is 2.24. The Bertz CT molecular complexity index is 889. The lowest BCUT2D eigenvalue weighted by Crippen LogP contribution is -2.40. The van der Waals surface area contributed by atoms with Gasteiger partial charge in [-0.3, -0.25) is 4.79 Å². The fourth-order valence-electron chi connectivity index (χ4n) is 2.27. The van der Waals surface area contributed by atoms with Crippen molar-refractivity contribution < 1.29 is 17.9 Å². The summed E-state index contributed by atoms with van der Waals surface area (Å²) in [5.41, 5.74) is -0.366. The monoisotopic (exact) mass is 408 g/mol. The van der Waals surface area contributed by atoms with Crippen LogP contribution in [0.3, 0.4) is 0 Å². The van der Waals surface area contributed by atoms with Crippen LogP contribution < -0.4 is 14.8 Å². The predicted molar refractivity (Wildman–Crippen MR) is 109 cm³/mol. The normalized spacial score (nSPS) is 11.9. The maximum absolute atomic E-state index is 12.6. The van der Waals surface area contributed by atoms with Gasteiger partial charge in [0.25, 0.3) is 0 Å². The fraction of sp³-hybridized carbons (Fsp3) is 0.316. The van der Waals surface area contributed by atoms with Crippen LogP contribution in [0.5, 0.6) is 5.75 Å². The zero-order valence-corrected chi connectivity index (χ0v) is 17.4. The standard InChI is InChI=1S/C19H24N2O4S2/c1-19(2,3)21-27(23,24)17-8-6-5-7-16(17)20-18(22)13-26-15-11-9-14(25-4)10-12-15/h5-12,21H,13H2,1-4H3,(H,20,22). The summed E-state index contributed by atoms with van der Waals surface area (Å²) >= 11 is 1.36. The number of hydrogen-bond acceptors (Lipinski definition) is 5. The van der Waals surface area contributed by atoms with Crippen molar-refractivity contribution in [3.8, 4) is 5.75 Å². The topological polar surface area (TPSA) is 84.5 Å². The van der Waals surface area contributed by atoms with Crippen molar-refractivity contribution in [2.24, 2.45) is 0 Å². The molecule has 0 saturated heterocycles. The molecule has 0 atom stereocenters. The Morgan fingerprint density at radius 3 is 2.30 bits per heavy atom. The first-order valence-corrected chi connectivity index (χ1v) is 10.8. The summed E-state index contributed by atoms with van der Waals surface area (Å²) in [6.07, 6.45) is 0. The summed E-state index contributed by atoms with van der Waals surface area (Å²) in [7, 11) is -2.16. The number of thioether (sulfide) groups is 1. The summed E-state index contributed by atoms with van der Waals surface area (Å²) < 4.78 is 32.9. The number of rotatable bonds is 7. The van der Waals surface area contributed by atoms with Crippen LogP contribution in [0, 0.1) is 0 Å². The number of para-hydroxylation sites is 1. The number of carbonyl (C=O) groups excluding carboxylic acids is 1. The number of methoxy groups -OCH3 is 1. The highest BCUT2D eigenvalue weighted by Crippen LogP contribution is 2.24. The van der Waals surface area contributed by atoms with Crippen LogP contribution >= 0.6 is 11.8 Å². The first-order valence-electron chi connectivity index (χ1n) is 8.30. The van der Waals surface area contributed by atoms with Crippen LogP contribution in [0.25, 0.3) is 0 Å². The molecule has 2 rings (SSSR count). The number of nitrogens with one attached hydrogen (secondary N) is 2. The van der Waals surface area contributed by atoms with Crippen LogP contribution in [0.2, 0.25) is 0 Å². The molecular formula is C19H24N2O4S2. The van der Waals surface area contributed by atoms with E-state index in [1.807, 2.05) is 24.3 Å².